The van der Waals surface area contributed by atoms with Gasteiger partial charge >= 0.3 is 5.97 Å². The Bertz CT molecular complexity index is 738. The number of morpholine rings is 1. The van der Waals surface area contributed by atoms with Crippen LogP contribution >= 0.6 is 0 Å². The third-order valence-corrected chi connectivity index (χ3v) is 5.13. The van der Waals surface area contributed by atoms with Crippen molar-refractivity contribution in [3.8, 4) is 6.07 Å². The molecule has 0 aliphatic carbocycles. The molecule has 1 aliphatic heterocycles. The molecule has 0 unspecified atom stereocenters. The predicted octanol–water partition coefficient (Wildman–Crippen LogP) is 0.915. The fraction of sp³-hybridized carbons (Fsp3) is 0.429. The van der Waals surface area contributed by atoms with Gasteiger partial charge in [-0.3, -0.25) is 0 Å². The number of esters is 1. The summed E-state index contributed by atoms with van der Waals surface area (Å²) in [5, 5.41) is 8.63. The first-order valence-corrected chi connectivity index (χ1v) is 8.28. The zero-order valence-electron chi connectivity index (χ0n) is 12.4. The van der Waals surface area contributed by atoms with E-state index in [0.717, 1.165) is 22.5 Å². The maximum Gasteiger partial charge on any atom is 0.339 e. The minimum Gasteiger partial charge on any atom is -0.444 e. The van der Waals surface area contributed by atoms with E-state index in [9.17, 15) is 17.6 Å². The third-order valence-electron chi connectivity index (χ3n) is 3.22. The van der Waals surface area contributed by atoms with Crippen LogP contribution < -0.4 is 0 Å². The van der Waals surface area contributed by atoms with Crippen molar-refractivity contribution in [1.29, 1.82) is 5.26 Å². The average Bonchev–Trinajstić information content (AvgIpc) is 2.55. The van der Waals surface area contributed by atoms with Crippen LogP contribution in [-0.4, -0.2) is 51.1 Å². The van der Waals surface area contributed by atoms with Gasteiger partial charge in [-0.05, 0) is 25.1 Å². The molecule has 23 heavy (non-hydrogen) atoms. The van der Waals surface area contributed by atoms with Gasteiger partial charge in [0.1, 0.15) is 16.8 Å². The van der Waals surface area contributed by atoms with Crippen molar-refractivity contribution in [3.63, 3.8) is 0 Å². The van der Waals surface area contributed by atoms with E-state index in [4.69, 9.17) is 14.7 Å². The Labute approximate surface area is 133 Å². The highest BCUT2D eigenvalue weighted by Crippen LogP contribution is 2.22. The fourth-order valence-corrected chi connectivity index (χ4v) is 3.51. The van der Waals surface area contributed by atoms with Crippen molar-refractivity contribution in [2.75, 3.05) is 26.3 Å². The summed E-state index contributed by atoms with van der Waals surface area (Å²) < 4.78 is 49.9. The number of ether oxygens (including phenoxy) is 2. The number of nitriles is 1. The second kappa shape index (κ2) is 7.04. The van der Waals surface area contributed by atoms with E-state index in [-0.39, 0.29) is 31.9 Å². The van der Waals surface area contributed by atoms with E-state index >= 15 is 0 Å². The Kier molecular flexibility index (Phi) is 5.30. The zero-order valence-corrected chi connectivity index (χ0v) is 13.2. The van der Waals surface area contributed by atoms with Crippen LogP contribution in [0.5, 0.6) is 0 Å². The molecule has 1 aliphatic rings. The van der Waals surface area contributed by atoms with Crippen LogP contribution in [0.3, 0.4) is 0 Å². The molecule has 1 aromatic carbocycles. The Hall–Kier alpha value is -2.02. The standard InChI is InChI=1S/C14H15FN2O5S/c1-10(9-16)22-14(18)11-2-3-12(15)13(8-11)23(19,20)17-4-6-21-7-5-17/h2-3,8,10H,4-7H2,1H3/t10-/m1/s1. The first kappa shape index (κ1) is 17.3. The van der Waals surface area contributed by atoms with Crippen molar-refractivity contribution in [3.05, 3.63) is 29.6 Å². The molecule has 0 N–H and O–H groups in total. The lowest BCUT2D eigenvalue weighted by atomic mass is 10.2. The number of sulfonamides is 1. The second-order valence-electron chi connectivity index (χ2n) is 4.84. The number of carbonyl (C=O) groups is 1. The molecule has 0 spiro atoms. The lowest BCUT2D eigenvalue weighted by molar-refractivity contribution is 0.0435. The quantitative estimate of drug-likeness (QED) is 0.755. The van der Waals surface area contributed by atoms with Crippen LogP contribution in [0.2, 0.25) is 0 Å². The first-order chi connectivity index (χ1) is 10.9. The Morgan fingerprint density at radius 1 is 1.43 bits per heavy atom. The highest BCUT2D eigenvalue weighted by Gasteiger charge is 2.30. The Morgan fingerprint density at radius 3 is 2.70 bits per heavy atom. The summed E-state index contributed by atoms with van der Waals surface area (Å²) >= 11 is 0. The molecule has 2 rings (SSSR count). The summed E-state index contributed by atoms with van der Waals surface area (Å²) in [4.78, 5) is 11.3. The minimum absolute atomic E-state index is 0.113. The van der Waals surface area contributed by atoms with E-state index in [2.05, 4.69) is 0 Å². The van der Waals surface area contributed by atoms with Gasteiger partial charge in [0.15, 0.2) is 6.10 Å². The maximum atomic E-state index is 14.0. The summed E-state index contributed by atoms with van der Waals surface area (Å²) in [6, 6.07) is 4.64. The molecule has 9 heteroatoms. The number of carbonyl (C=O) groups excluding carboxylic acids is 1. The summed E-state index contributed by atoms with van der Waals surface area (Å²) in [5.41, 5.74) is -0.139. The normalized spacial score (nSPS) is 17.3. The van der Waals surface area contributed by atoms with Crippen molar-refractivity contribution in [1.82, 2.24) is 4.31 Å². The van der Waals surface area contributed by atoms with Gasteiger partial charge < -0.3 is 9.47 Å². The van der Waals surface area contributed by atoms with E-state index in [0.29, 0.717) is 0 Å². The van der Waals surface area contributed by atoms with Gasteiger partial charge in [-0.15, -0.1) is 0 Å². The smallest absolute Gasteiger partial charge is 0.339 e. The molecule has 1 aromatic rings. The maximum absolute atomic E-state index is 14.0. The monoisotopic (exact) mass is 342 g/mol. The van der Waals surface area contributed by atoms with Gasteiger partial charge in [0.2, 0.25) is 10.0 Å². The molecule has 0 aromatic heterocycles. The molecule has 0 amide bonds. The van der Waals surface area contributed by atoms with E-state index in [1.54, 1.807) is 6.07 Å². The number of halogens is 1. The number of rotatable bonds is 4. The summed E-state index contributed by atoms with van der Waals surface area (Å²) in [5.74, 6) is -1.85. The molecule has 0 saturated carbocycles. The van der Waals surface area contributed by atoms with Crippen molar-refractivity contribution in [2.24, 2.45) is 0 Å². The van der Waals surface area contributed by atoms with E-state index in [1.165, 1.54) is 6.92 Å². The van der Waals surface area contributed by atoms with Crippen molar-refractivity contribution in [2.45, 2.75) is 17.9 Å². The molecule has 1 saturated heterocycles. The number of hydrogen-bond acceptors (Lipinski definition) is 6. The number of benzene rings is 1. The third kappa shape index (κ3) is 3.85. The predicted molar refractivity (Wildman–Crippen MR) is 76.5 cm³/mol. The van der Waals surface area contributed by atoms with Gasteiger partial charge in [0.25, 0.3) is 0 Å². The van der Waals surface area contributed by atoms with Crippen LogP contribution in [0.1, 0.15) is 17.3 Å². The molecule has 1 atom stereocenters. The van der Waals surface area contributed by atoms with Gasteiger partial charge in [0.05, 0.1) is 18.8 Å². The molecule has 1 fully saturated rings. The van der Waals surface area contributed by atoms with Gasteiger partial charge in [-0.25, -0.2) is 17.6 Å². The molecule has 0 bridgehead atoms. The van der Waals surface area contributed by atoms with Crippen LogP contribution in [0.15, 0.2) is 23.1 Å². The molecule has 7 nitrogen and oxygen atoms in total. The topological polar surface area (TPSA) is 96.7 Å². The Morgan fingerprint density at radius 2 is 2.09 bits per heavy atom. The van der Waals surface area contributed by atoms with Crippen LogP contribution in [-0.2, 0) is 19.5 Å². The molecular weight excluding hydrogens is 327 g/mol. The van der Waals surface area contributed by atoms with E-state index in [1.807, 2.05) is 0 Å². The highest BCUT2D eigenvalue weighted by molar-refractivity contribution is 7.89. The second-order valence-corrected chi connectivity index (χ2v) is 6.74. The minimum atomic E-state index is -4.08. The summed E-state index contributed by atoms with van der Waals surface area (Å²) in [6.07, 6.45) is -0.994. The SMILES string of the molecule is C[C@H](C#N)OC(=O)c1ccc(F)c(S(=O)(=O)N2CCOCC2)c1. The lowest BCUT2D eigenvalue weighted by Gasteiger charge is -2.26. The van der Waals surface area contributed by atoms with Crippen molar-refractivity contribution >= 4 is 16.0 Å². The first-order valence-electron chi connectivity index (χ1n) is 6.84. The Balaban J connectivity index is 2.33. The highest BCUT2D eigenvalue weighted by atomic mass is 32.2. The molecule has 124 valence electrons. The van der Waals surface area contributed by atoms with Crippen LogP contribution in [0.4, 0.5) is 4.39 Å². The molecular formula is C14H15FN2O5S. The number of hydrogen-bond donors (Lipinski definition) is 0. The van der Waals surface area contributed by atoms with E-state index < -0.39 is 32.8 Å². The van der Waals surface area contributed by atoms with Gasteiger partial charge in [0, 0.05) is 13.1 Å². The molecule has 1 heterocycles. The number of nitrogens with zero attached hydrogens (tertiary/aromatic N) is 2. The average molecular weight is 342 g/mol. The lowest BCUT2D eigenvalue weighted by Crippen LogP contribution is -2.41. The van der Waals surface area contributed by atoms with Crippen molar-refractivity contribution < 1.29 is 27.1 Å². The zero-order chi connectivity index (χ0) is 17.0. The van der Waals surface area contributed by atoms with Gasteiger partial charge in [-0.1, -0.05) is 0 Å². The van der Waals surface area contributed by atoms with Gasteiger partial charge in [-0.2, -0.15) is 9.57 Å². The van der Waals surface area contributed by atoms with Crippen LogP contribution in [0, 0.1) is 17.1 Å². The molecule has 0 radical (unpaired) electrons. The van der Waals surface area contributed by atoms with Crippen LogP contribution in [0.25, 0.3) is 0 Å². The largest absolute Gasteiger partial charge is 0.444 e. The summed E-state index contributed by atoms with van der Waals surface area (Å²) in [6.45, 7) is 2.04. The summed E-state index contributed by atoms with van der Waals surface area (Å²) in [7, 11) is -4.08. The fourth-order valence-electron chi connectivity index (χ4n) is 2.01.